The highest BCUT2D eigenvalue weighted by molar-refractivity contribution is 5.83. The summed E-state index contributed by atoms with van der Waals surface area (Å²) < 4.78 is 0. The minimum absolute atomic E-state index is 0.0810. The second-order valence-corrected chi connectivity index (χ2v) is 4.15. The maximum atomic E-state index is 11.9. The van der Waals surface area contributed by atoms with Crippen molar-refractivity contribution in [1.82, 2.24) is 10.2 Å². The van der Waals surface area contributed by atoms with Crippen LogP contribution in [0, 0.1) is 12.3 Å². The largest absolute Gasteiger partial charge is 0.480 e. The first-order valence-electron chi connectivity index (χ1n) is 5.83. The lowest BCUT2D eigenvalue weighted by molar-refractivity contribution is -0.141. The first-order valence-corrected chi connectivity index (χ1v) is 5.83. The van der Waals surface area contributed by atoms with E-state index in [0.717, 1.165) is 12.8 Å². The number of nitrogens with zero attached hydrogens (tertiary/aromatic N) is 1. The molecule has 2 N–H and O–H groups in total. The Balaban J connectivity index is 2.57. The topological polar surface area (TPSA) is 69.6 Å². The number of hydrogen-bond donors (Lipinski definition) is 2. The van der Waals surface area contributed by atoms with Gasteiger partial charge >= 0.3 is 12.0 Å². The van der Waals surface area contributed by atoms with Gasteiger partial charge in [-0.15, -0.1) is 12.3 Å². The Hall–Kier alpha value is -1.70. The molecule has 2 atom stereocenters. The van der Waals surface area contributed by atoms with Crippen molar-refractivity contribution in [3.8, 4) is 12.3 Å². The zero-order valence-corrected chi connectivity index (χ0v) is 9.98. The number of rotatable bonds is 4. The summed E-state index contributed by atoms with van der Waals surface area (Å²) in [5, 5.41) is 11.7. The molecular weight excluding hydrogens is 220 g/mol. The second kappa shape index (κ2) is 6.14. The SMILES string of the molecule is C#CCC(CC)NC(=O)N1CCC[C@@H]1C(=O)O. The third-order valence-corrected chi connectivity index (χ3v) is 2.98. The van der Waals surface area contributed by atoms with Crippen LogP contribution < -0.4 is 5.32 Å². The highest BCUT2D eigenvalue weighted by Crippen LogP contribution is 2.17. The first-order chi connectivity index (χ1) is 8.10. The van der Waals surface area contributed by atoms with Gasteiger partial charge in [-0.25, -0.2) is 9.59 Å². The average molecular weight is 238 g/mol. The van der Waals surface area contributed by atoms with Crippen LogP contribution in [0.2, 0.25) is 0 Å². The minimum atomic E-state index is -0.942. The van der Waals surface area contributed by atoms with Crippen LogP contribution >= 0.6 is 0 Å². The number of carbonyl (C=O) groups is 2. The van der Waals surface area contributed by atoms with E-state index in [4.69, 9.17) is 11.5 Å². The van der Waals surface area contributed by atoms with Crippen molar-refractivity contribution in [2.75, 3.05) is 6.54 Å². The normalized spacial score (nSPS) is 20.7. The van der Waals surface area contributed by atoms with Gasteiger partial charge in [-0.05, 0) is 19.3 Å². The summed E-state index contributed by atoms with van der Waals surface area (Å²) in [6.45, 7) is 2.43. The number of amides is 2. The van der Waals surface area contributed by atoms with Crippen molar-refractivity contribution in [1.29, 1.82) is 0 Å². The lowest BCUT2D eigenvalue weighted by Gasteiger charge is -2.24. The molecule has 0 radical (unpaired) electrons. The Morgan fingerprint density at radius 2 is 2.35 bits per heavy atom. The van der Waals surface area contributed by atoms with E-state index in [1.54, 1.807) is 0 Å². The number of carboxylic acid groups (broad SMARTS) is 1. The van der Waals surface area contributed by atoms with Crippen LogP contribution in [-0.2, 0) is 4.79 Å². The summed E-state index contributed by atoms with van der Waals surface area (Å²) in [6, 6.07) is -1.10. The van der Waals surface area contributed by atoms with Crippen LogP contribution in [0.15, 0.2) is 0 Å². The molecule has 0 aromatic rings. The Bertz CT molecular complexity index is 335. The number of likely N-dealkylation sites (tertiary alicyclic amines) is 1. The lowest BCUT2D eigenvalue weighted by atomic mass is 10.1. The third kappa shape index (κ3) is 3.38. The standard InChI is InChI=1S/C12H18N2O3/c1-3-6-9(4-2)13-12(17)14-8-5-7-10(14)11(15)16/h1,9-10H,4-8H2,2H3,(H,13,17)(H,15,16)/t9?,10-/m1/s1. The van der Waals surface area contributed by atoms with Crippen LogP contribution in [0.5, 0.6) is 0 Å². The van der Waals surface area contributed by atoms with Crippen LogP contribution in [0.25, 0.3) is 0 Å². The number of aliphatic carboxylic acids is 1. The van der Waals surface area contributed by atoms with E-state index in [2.05, 4.69) is 11.2 Å². The molecule has 1 heterocycles. The number of hydrogen-bond acceptors (Lipinski definition) is 2. The van der Waals surface area contributed by atoms with Crippen molar-refractivity contribution < 1.29 is 14.7 Å². The van der Waals surface area contributed by atoms with Crippen LogP contribution in [-0.4, -0.2) is 40.6 Å². The molecule has 0 aromatic carbocycles. The fraction of sp³-hybridized carbons (Fsp3) is 0.667. The molecule has 17 heavy (non-hydrogen) atoms. The molecule has 5 nitrogen and oxygen atoms in total. The van der Waals surface area contributed by atoms with Gasteiger partial charge in [0, 0.05) is 19.0 Å². The van der Waals surface area contributed by atoms with E-state index in [1.165, 1.54) is 4.90 Å². The van der Waals surface area contributed by atoms with Gasteiger partial charge in [0.1, 0.15) is 6.04 Å². The van der Waals surface area contributed by atoms with E-state index in [-0.39, 0.29) is 12.1 Å². The number of carboxylic acids is 1. The Morgan fingerprint density at radius 1 is 1.65 bits per heavy atom. The van der Waals surface area contributed by atoms with E-state index >= 15 is 0 Å². The summed E-state index contributed by atoms with van der Waals surface area (Å²) in [5.41, 5.74) is 0. The summed E-state index contributed by atoms with van der Waals surface area (Å²) in [4.78, 5) is 24.2. The zero-order valence-electron chi connectivity index (χ0n) is 9.98. The van der Waals surface area contributed by atoms with Crippen molar-refractivity contribution in [2.45, 2.75) is 44.7 Å². The zero-order chi connectivity index (χ0) is 12.8. The number of urea groups is 1. The van der Waals surface area contributed by atoms with Crippen molar-refractivity contribution in [2.24, 2.45) is 0 Å². The van der Waals surface area contributed by atoms with Crippen molar-refractivity contribution in [3.05, 3.63) is 0 Å². The minimum Gasteiger partial charge on any atom is -0.480 e. The highest BCUT2D eigenvalue weighted by Gasteiger charge is 2.34. The molecule has 0 saturated carbocycles. The monoisotopic (exact) mass is 238 g/mol. The van der Waals surface area contributed by atoms with Gasteiger partial charge in [0.2, 0.25) is 0 Å². The fourth-order valence-electron chi connectivity index (χ4n) is 1.96. The lowest BCUT2D eigenvalue weighted by Crippen LogP contribution is -2.48. The van der Waals surface area contributed by atoms with Crippen molar-refractivity contribution in [3.63, 3.8) is 0 Å². The molecule has 0 aliphatic carbocycles. The van der Waals surface area contributed by atoms with E-state index < -0.39 is 12.0 Å². The summed E-state index contributed by atoms with van der Waals surface area (Å²) >= 11 is 0. The molecule has 0 aromatic heterocycles. The Labute approximate surface area is 101 Å². The predicted molar refractivity (Wildman–Crippen MR) is 63.4 cm³/mol. The molecule has 1 fully saturated rings. The van der Waals surface area contributed by atoms with Gasteiger partial charge in [-0.2, -0.15) is 0 Å². The van der Waals surface area contributed by atoms with Gasteiger partial charge in [-0.1, -0.05) is 6.92 Å². The van der Waals surface area contributed by atoms with E-state index in [9.17, 15) is 9.59 Å². The van der Waals surface area contributed by atoms with Gasteiger partial charge in [0.15, 0.2) is 0 Å². The first kappa shape index (κ1) is 13.4. The highest BCUT2D eigenvalue weighted by atomic mass is 16.4. The van der Waals surface area contributed by atoms with Crippen LogP contribution in [0.1, 0.15) is 32.6 Å². The van der Waals surface area contributed by atoms with E-state index in [0.29, 0.717) is 19.4 Å². The molecule has 1 saturated heterocycles. The number of terminal acetylenes is 1. The molecule has 94 valence electrons. The molecule has 0 spiro atoms. The second-order valence-electron chi connectivity index (χ2n) is 4.15. The van der Waals surface area contributed by atoms with Gasteiger partial charge < -0.3 is 15.3 Å². The van der Waals surface area contributed by atoms with Crippen LogP contribution in [0.4, 0.5) is 4.79 Å². The van der Waals surface area contributed by atoms with Gasteiger partial charge in [-0.3, -0.25) is 0 Å². The van der Waals surface area contributed by atoms with Gasteiger partial charge in [0.25, 0.3) is 0 Å². The predicted octanol–water partition coefficient (Wildman–Crippen LogP) is 1.05. The van der Waals surface area contributed by atoms with Crippen molar-refractivity contribution >= 4 is 12.0 Å². The number of carbonyl (C=O) groups excluding carboxylic acids is 1. The fourth-order valence-corrected chi connectivity index (χ4v) is 1.96. The molecule has 1 aliphatic heterocycles. The Kier molecular flexibility index (Phi) is 4.83. The maximum Gasteiger partial charge on any atom is 0.326 e. The molecule has 0 bridgehead atoms. The molecule has 2 amide bonds. The smallest absolute Gasteiger partial charge is 0.326 e. The average Bonchev–Trinajstić information content (AvgIpc) is 2.77. The molecule has 1 aliphatic rings. The summed E-state index contributed by atoms with van der Waals surface area (Å²) in [5.74, 6) is 1.56. The summed E-state index contributed by atoms with van der Waals surface area (Å²) in [6.07, 6.45) is 7.66. The molecule has 5 heteroatoms. The Morgan fingerprint density at radius 3 is 2.88 bits per heavy atom. The third-order valence-electron chi connectivity index (χ3n) is 2.98. The summed E-state index contributed by atoms with van der Waals surface area (Å²) in [7, 11) is 0. The quantitative estimate of drug-likeness (QED) is 0.719. The molecule has 1 unspecified atom stereocenters. The molecular formula is C12H18N2O3. The van der Waals surface area contributed by atoms with Crippen LogP contribution in [0.3, 0.4) is 0 Å². The number of nitrogens with one attached hydrogen (secondary N) is 1. The van der Waals surface area contributed by atoms with E-state index in [1.807, 2.05) is 6.92 Å². The molecule has 1 rings (SSSR count). The van der Waals surface area contributed by atoms with Gasteiger partial charge in [0.05, 0.1) is 0 Å². The maximum absolute atomic E-state index is 11.9.